The monoisotopic (exact) mass is 449 g/mol. The first-order chi connectivity index (χ1) is 14.6. The van der Waals surface area contributed by atoms with E-state index >= 15 is 0 Å². The fraction of sp³-hybridized carbons (Fsp3) is 0.182. The van der Waals surface area contributed by atoms with E-state index in [9.17, 15) is 8.78 Å². The molecule has 0 radical (unpaired) electrons. The summed E-state index contributed by atoms with van der Waals surface area (Å²) in [6.45, 7) is 0.922. The molecule has 0 fully saturated rings. The number of nitrogens with one attached hydrogen (secondary N) is 1. The van der Waals surface area contributed by atoms with Crippen LogP contribution in [0.2, 0.25) is 5.02 Å². The number of halogens is 3. The summed E-state index contributed by atoms with van der Waals surface area (Å²) in [5.41, 5.74) is 1.71. The zero-order valence-electron chi connectivity index (χ0n) is 16.0. The summed E-state index contributed by atoms with van der Waals surface area (Å²) in [6.07, 6.45) is 0. The summed E-state index contributed by atoms with van der Waals surface area (Å²) in [5, 5.41) is 0.413. The van der Waals surface area contributed by atoms with Crippen LogP contribution in [0.4, 0.5) is 14.5 Å². The normalized spacial score (nSPS) is 13.9. The number of methoxy groups -OCH3 is 1. The van der Waals surface area contributed by atoms with Crippen molar-refractivity contribution in [2.45, 2.75) is 11.5 Å². The quantitative estimate of drug-likeness (QED) is 0.440. The van der Waals surface area contributed by atoms with E-state index in [2.05, 4.69) is 4.72 Å². The van der Waals surface area contributed by atoms with Crippen molar-refractivity contribution in [2.24, 2.45) is 0 Å². The molecule has 1 N–H and O–H groups in total. The van der Waals surface area contributed by atoms with E-state index < -0.39 is 11.6 Å². The average molecular weight is 450 g/mol. The zero-order chi connectivity index (χ0) is 21.1. The summed E-state index contributed by atoms with van der Waals surface area (Å²) >= 11 is 7.46. The van der Waals surface area contributed by atoms with Gasteiger partial charge in [0.2, 0.25) is 0 Å². The molecule has 1 aliphatic heterocycles. The number of anilines is 1. The van der Waals surface area contributed by atoms with Gasteiger partial charge in [-0.15, -0.1) is 0 Å². The van der Waals surface area contributed by atoms with Crippen molar-refractivity contribution < 1.29 is 23.0 Å². The maximum absolute atomic E-state index is 14.6. The Kier molecular flexibility index (Phi) is 6.32. The molecule has 4 bridgehead atoms. The molecule has 0 atom stereocenters. The summed E-state index contributed by atoms with van der Waals surface area (Å²) in [6, 6.07) is 12.9. The highest BCUT2D eigenvalue weighted by atomic mass is 35.5. The third kappa shape index (κ3) is 4.33. The third-order valence-electron chi connectivity index (χ3n) is 4.53. The summed E-state index contributed by atoms with van der Waals surface area (Å²) < 4.78 is 49.0. The van der Waals surface area contributed by atoms with Crippen LogP contribution in [0.25, 0.3) is 11.1 Å². The van der Waals surface area contributed by atoms with Crippen LogP contribution in [0.15, 0.2) is 53.4 Å². The summed E-state index contributed by atoms with van der Waals surface area (Å²) in [4.78, 5) is 0.653. The van der Waals surface area contributed by atoms with Gasteiger partial charge in [0.25, 0.3) is 0 Å². The van der Waals surface area contributed by atoms with Crippen molar-refractivity contribution in [1.82, 2.24) is 0 Å². The maximum atomic E-state index is 14.6. The van der Waals surface area contributed by atoms with Crippen LogP contribution in [-0.2, 0) is 11.3 Å². The van der Waals surface area contributed by atoms with Crippen molar-refractivity contribution in [3.63, 3.8) is 0 Å². The van der Waals surface area contributed by atoms with Gasteiger partial charge in [0.1, 0.15) is 24.0 Å². The van der Waals surface area contributed by atoms with Crippen LogP contribution in [-0.4, -0.2) is 20.3 Å². The van der Waals surface area contributed by atoms with Crippen LogP contribution < -0.4 is 14.2 Å². The predicted molar refractivity (Wildman–Crippen MR) is 114 cm³/mol. The van der Waals surface area contributed by atoms with E-state index in [1.165, 1.54) is 13.2 Å². The van der Waals surface area contributed by atoms with E-state index in [0.29, 0.717) is 40.2 Å². The van der Waals surface area contributed by atoms with E-state index in [0.717, 1.165) is 23.6 Å². The molecule has 30 heavy (non-hydrogen) atoms. The van der Waals surface area contributed by atoms with Gasteiger partial charge in [0.15, 0.2) is 5.75 Å². The van der Waals surface area contributed by atoms with Gasteiger partial charge in [-0.25, -0.2) is 8.78 Å². The van der Waals surface area contributed by atoms with Crippen LogP contribution in [0.3, 0.4) is 0 Å². The van der Waals surface area contributed by atoms with Gasteiger partial charge in [-0.3, -0.25) is 0 Å². The number of hydrogen-bond donors (Lipinski definition) is 1. The van der Waals surface area contributed by atoms with Gasteiger partial charge in [0, 0.05) is 17.2 Å². The molecule has 1 heterocycles. The van der Waals surface area contributed by atoms with Gasteiger partial charge in [-0.05, 0) is 41.8 Å². The topological polar surface area (TPSA) is 39.7 Å². The molecule has 3 aromatic rings. The number of rotatable bonds is 1. The average Bonchev–Trinajstić information content (AvgIpc) is 2.73. The van der Waals surface area contributed by atoms with Crippen LogP contribution in [0.5, 0.6) is 11.5 Å². The second-order valence-electron chi connectivity index (χ2n) is 6.52. The van der Waals surface area contributed by atoms with E-state index in [1.807, 2.05) is 6.07 Å². The van der Waals surface area contributed by atoms with E-state index in [-0.39, 0.29) is 17.9 Å². The Bertz CT molecular complexity index is 1080. The molecule has 0 spiro atoms. The molecular formula is C22H18ClF2NO3S. The molecule has 0 aromatic heterocycles. The van der Waals surface area contributed by atoms with Gasteiger partial charge in [0.05, 0.1) is 35.9 Å². The SMILES string of the molecule is COc1c(Cl)cc2cc1SNc1cc(c(F)cc1F)-c1ccccc1OCCOC2. The van der Waals surface area contributed by atoms with Gasteiger partial charge in [-0.1, -0.05) is 29.8 Å². The Morgan fingerprint density at radius 3 is 2.70 bits per heavy atom. The molecule has 0 amide bonds. The third-order valence-corrected chi connectivity index (χ3v) is 5.66. The second kappa shape index (κ2) is 9.12. The lowest BCUT2D eigenvalue weighted by atomic mass is 10.0. The van der Waals surface area contributed by atoms with Crippen LogP contribution in [0.1, 0.15) is 5.56 Å². The molecule has 4 nitrogen and oxygen atoms in total. The molecular weight excluding hydrogens is 432 g/mol. The first kappa shape index (κ1) is 20.8. The van der Waals surface area contributed by atoms with Crippen molar-refractivity contribution in [3.05, 3.63) is 70.8 Å². The van der Waals surface area contributed by atoms with Crippen molar-refractivity contribution in [2.75, 3.05) is 25.0 Å². The zero-order valence-corrected chi connectivity index (χ0v) is 17.6. The minimum Gasteiger partial charge on any atom is -0.494 e. The largest absolute Gasteiger partial charge is 0.494 e. The van der Waals surface area contributed by atoms with Crippen LogP contribution >= 0.6 is 23.5 Å². The first-order valence-electron chi connectivity index (χ1n) is 9.15. The minimum absolute atomic E-state index is 0.126. The molecule has 3 aromatic carbocycles. The standard InChI is InChI=1S/C22H18ClF2NO3S/c1-27-22-16(23)8-13-9-21(22)30-26-19-10-15(17(24)11-18(19)25)14-4-2-3-5-20(14)29-7-6-28-12-13/h2-5,8-11,26H,6-7,12H2,1H3. The summed E-state index contributed by atoms with van der Waals surface area (Å²) in [5.74, 6) is -0.442. The maximum Gasteiger partial charge on any atom is 0.152 e. The summed E-state index contributed by atoms with van der Waals surface area (Å²) in [7, 11) is 1.51. The molecule has 0 aliphatic carbocycles. The molecule has 1 aliphatic rings. The molecule has 4 rings (SSSR count). The van der Waals surface area contributed by atoms with E-state index in [4.69, 9.17) is 25.8 Å². The number of para-hydroxylation sites is 1. The second-order valence-corrected chi connectivity index (χ2v) is 7.78. The molecule has 0 saturated carbocycles. The van der Waals surface area contributed by atoms with Crippen molar-refractivity contribution >= 4 is 29.2 Å². The number of benzene rings is 3. The lowest BCUT2D eigenvalue weighted by Gasteiger charge is -2.15. The Morgan fingerprint density at radius 2 is 1.87 bits per heavy atom. The van der Waals surface area contributed by atoms with Crippen molar-refractivity contribution in [1.29, 1.82) is 0 Å². The first-order valence-corrected chi connectivity index (χ1v) is 10.3. The fourth-order valence-electron chi connectivity index (χ4n) is 3.14. The Balaban J connectivity index is 1.79. The lowest BCUT2D eigenvalue weighted by molar-refractivity contribution is 0.0889. The predicted octanol–water partition coefficient (Wildman–Crippen LogP) is 6.32. The highest BCUT2D eigenvalue weighted by molar-refractivity contribution is 8.00. The minimum atomic E-state index is -0.712. The number of ether oxygens (including phenoxy) is 3. The molecule has 0 unspecified atom stereocenters. The van der Waals surface area contributed by atoms with Crippen molar-refractivity contribution in [3.8, 4) is 22.6 Å². The smallest absolute Gasteiger partial charge is 0.152 e. The van der Waals surface area contributed by atoms with Gasteiger partial charge in [-0.2, -0.15) is 0 Å². The van der Waals surface area contributed by atoms with Crippen LogP contribution in [0, 0.1) is 11.6 Å². The lowest BCUT2D eigenvalue weighted by Crippen LogP contribution is -2.07. The van der Waals surface area contributed by atoms with Gasteiger partial charge < -0.3 is 18.9 Å². The van der Waals surface area contributed by atoms with Gasteiger partial charge >= 0.3 is 0 Å². The number of fused-ring (bicyclic) bond motifs is 6. The van der Waals surface area contributed by atoms with E-state index in [1.54, 1.807) is 30.3 Å². The highest BCUT2D eigenvalue weighted by Gasteiger charge is 2.17. The Labute approximate surface area is 182 Å². The number of hydrogen-bond acceptors (Lipinski definition) is 5. The Morgan fingerprint density at radius 1 is 1.03 bits per heavy atom. The fourth-order valence-corrected chi connectivity index (χ4v) is 4.39. The molecule has 0 saturated heterocycles. The molecule has 8 heteroatoms. The Hall–Kier alpha value is -2.48. The molecule has 156 valence electrons. The highest BCUT2D eigenvalue weighted by Crippen LogP contribution is 2.40.